The van der Waals surface area contributed by atoms with Crippen LogP contribution < -0.4 is 5.73 Å². The van der Waals surface area contributed by atoms with Gasteiger partial charge in [-0.05, 0) is 19.1 Å². The fourth-order valence-electron chi connectivity index (χ4n) is 0.808. The summed E-state index contributed by atoms with van der Waals surface area (Å²) in [5, 5.41) is 4.95. The van der Waals surface area contributed by atoms with E-state index < -0.39 is 6.03 Å². The van der Waals surface area contributed by atoms with Crippen molar-refractivity contribution in [1.29, 1.82) is 0 Å². The first-order valence-electron chi connectivity index (χ1n) is 3.73. The molecule has 2 N–H and O–H groups in total. The molecule has 0 fully saturated rings. The van der Waals surface area contributed by atoms with Crippen molar-refractivity contribution in [2.75, 3.05) is 7.05 Å². The number of nitrogens with zero attached hydrogens (tertiary/aromatic N) is 2. The van der Waals surface area contributed by atoms with Crippen molar-refractivity contribution in [2.24, 2.45) is 10.8 Å². The highest BCUT2D eigenvalue weighted by Gasteiger charge is 2.04. The zero-order valence-electron chi connectivity index (χ0n) is 7.52. The average Bonchev–Trinajstić information content (AvgIpc) is 2.55. The van der Waals surface area contributed by atoms with Crippen LogP contribution in [0.2, 0.25) is 0 Å². The molecular formula is C8H11N3O2. The Morgan fingerprint density at radius 3 is 2.85 bits per heavy atom. The first-order chi connectivity index (χ1) is 6.11. The highest BCUT2D eigenvalue weighted by atomic mass is 16.3. The molecule has 1 aromatic heterocycles. The highest BCUT2D eigenvalue weighted by Crippen LogP contribution is 2.02. The Morgan fingerprint density at radius 1 is 1.69 bits per heavy atom. The van der Waals surface area contributed by atoms with Gasteiger partial charge >= 0.3 is 6.03 Å². The summed E-state index contributed by atoms with van der Waals surface area (Å²) in [6, 6.07) is 2.90. The lowest BCUT2D eigenvalue weighted by Gasteiger charge is -2.07. The minimum Gasteiger partial charge on any atom is -0.463 e. The van der Waals surface area contributed by atoms with Crippen LogP contribution in [0.4, 0.5) is 4.79 Å². The summed E-state index contributed by atoms with van der Waals surface area (Å²) < 4.78 is 5.07. The van der Waals surface area contributed by atoms with E-state index in [9.17, 15) is 4.79 Å². The molecule has 70 valence electrons. The predicted molar refractivity (Wildman–Crippen MR) is 48.3 cm³/mol. The van der Waals surface area contributed by atoms with Crippen molar-refractivity contribution < 1.29 is 9.21 Å². The monoisotopic (exact) mass is 181 g/mol. The molecule has 0 bridgehead atoms. The molecule has 1 aromatic rings. The van der Waals surface area contributed by atoms with Gasteiger partial charge in [0.05, 0.1) is 6.26 Å². The van der Waals surface area contributed by atoms with Crippen LogP contribution in [0, 0.1) is 0 Å². The van der Waals surface area contributed by atoms with Crippen LogP contribution in [0.5, 0.6) is 0 Å². The van der Waals surface area contributed by atoms with Crippen LogP contribution in [-0.4, -0.2) is 23.8 Å². The van der Waals surface area contributed by atoms with Gasteiger partial charge in [-0.1, -0.05) is 0 Å². The van der Waals surface area contributed by atoms with Crippen LogP contribution in [0.15, 0.2) is 27.9 Å². The van der Waals surface area contributed by atoms with E-state index in [1.165, 1.54) is 7.05 Å². The average molecular weight is 181 g/mol. The van der Waals surface area contributed by atoms with Crippen molar-refractivity contribution in [3.8, 4) is 0 Å². The second-order valence-electron chi connectivity index (χ2n) is 2.52. The molecular weight excluding hydrogens is 170 g/mol. The van der Waals surface area contributed by atoms with E-state index in [1.807, 2.05) is 0 Å². The number of hydrogen-bond acceptors (Lipinski definition) is 3. The van der Waals surface area contributed by atoms with Crippen LogP contribution in [0.25, 0.3) is 0 Å². The molecule has 1 heterocycles. The van der Waals surface area contributed by atoms with Gasteiger partial charge in [-0.25, -0.2) is 9.80 Å². The Labute approximate surface area is 75.8 Å². The maximum atomic E-state index is 10.6. The Kier molecular flexibility index (Phi) is 2.69. The minimum absolute atomic E-state index is 0.603. The van der Waals surface area contributed by atoms with Crippen LogP contribution in [0.3, 0.4) is 0 Å². The molecule has 0 aromatic carbocycles. The van der Waals surface area contributed by atoms with Gasteiger partial charge in [0.1, 0.15) is 11.5 Å². The first kappa shape index (κ1) is 9.31. The van der Waals surface area contributed by atoms with E-state index in [0.717, 1.165) is 5.01 Å². The second-order valence-corrected chi connectivity index (χ2v) is 2.52. The molecule has 0 aliphatic carbocycles. The van der Waals surface area contributed by atoms with Gasteiger partial charge in [0, 0.05) is 7.05 Å². The van der Waals surface area contributed by atoms with Crippen LogP contribution >= 0.6 is 0 Å². The predicted octanol–water partition coefficient (Wildman–Crippen LogP) is 1.01. The summed E-state index contributed by atoms with van der Waals surface area (Å²) in [4.78, 5) is 10.6. The highest BCUT2D eigenvalue weighted by molar-refractivity contribution is 5.96. The van der Waals surface area contributed by atoms with Crippen LogP contribution in [0.1, 0.15) is 12.7 Å². The molecule has 13 heavy (non-hydrogen) atoms. The topological polar surface area (TPSA) is 71.8 Å². The molecule has 0 spiro atoms. The summed E-state index contributed by atoms with van der Waals surface area (Å²) in [7, 11) is 1.48. The maximum Gasteiger partial charge on any atom is 0.334 e. The SMILES string of the molecule is C/C(=N/N(C)C(N)=O)c1ccco1. The van der Waals surface area contributed by atoms with Crippen molar-refractivity contribution >= 4 is 11.7 Å². The van der Waals surface area contributed by atoms with E-state index in [1.54, 1.807) is 25.3 Å². The molecule has 1 rings (SSSR count). The number of hydrogen-bond donors (Lipinski definition) is 1. The lowest BCUT2D eigenvalue weighted by Crippen LogP contribution is -2.28. The van der Waals surface area contributed by atoms with Gasteiger partial charge in [0.15, 0.2) is 0 Å². The maximum absolute atomic E-state index is 10.6. The molecule has 5 nitrogen and oxygen atoms in total. The molecule has 0 atom stereocenters. The largest absolute Gasteiger partial charge is 0.463 e. The Hall–Kier alpha value is -1.78. The normalized spacial score (nSPS) is 11.4. The molecule has 5 heteroatoms. The number of hydrazone groups is 1. The van der Waals surface area contributed by atoms with Gasteiger partial charge in [-0.2, -0.15) is 5.10 Å². The zero-order chi connectivity index (χ0) is 9.84. The number of rotatable bonds is 2. The van der Waals surface area contributed by atoms with E-state index >= 15 is 0 Å². The van der Waals surface area contributed by atoms with Gasteiger partial charge in [0.25, 0.3) is 0 Å². The number of urea groups is 1. The molecule has 0 saturated carbocycles. The first-order valence-corrected chi connectivity index (χ1v) is 3.73. The van der Waals surface area contributed by atoms with E-state index in [0.29, 0.717) is 11.5 Å². The molecule has 0 radical (unpaired) electrons. The number of amides is 2. The Morgan fingerprint density at radius 2 is 2.38 bits per heavy atom. The van der Waals surface area contributed by atoms with Gasteiger partial charge in [-0.15, -0.1) is 0 Å². The van der Waals surface area contributed by atoms with Gasteiger partial charge < -0.3 is 10.2 Å². The Balaban J connectivity index is 2.78. The summed E-state index contributed by atoms with van der Waals surface area (Å²) in [5.74, 6) is 0.619. The second kappa shape index (κ2) is 3.75. The van der Waals surface area contributed by atoms with Gasteiger partial charge in [-0.3, -0.25) is 0 Å². The smallest absolute Gasteiger partial charge is 0.334 e. The van der Waals surface area contributed by atoms with E-state index in [4.69, 9.17) is 10.2 Å². The summed E-state index contributed by atoms with van der Waals surface area (Å²) >= 11 is 0. The van der Waals surface area contributed by atoms with Gasteiger partial charge in [0.2, 0.25) is 0 Å². The fourth-order valence-corrected chi connectivity index (χ4v) is 0.808. The van der Waals surface area contributed by atoms with Crippen molar-refractivity contribution in [1.82, 2.24) is 5.01 Å². The number of furan rings is 1. The van der Waals surface area contributed by atoms with Crippen LogP contribution in [-0.2, 0) is 0 Å². The third-order valence-electron chi connectivity index (χ3n) is 1.50. The summed E-state index contributed by atoms with van der Waals surface area (Å²) in [5.41, 5.74) is 5.59. The molecule has 0 aliphatic rings. The third kappa shape index (κ3) is 2.33. The quantitative estimate of drug-likeness (QED) is 0.546. The standard InChI is InChI=1S/C8H11N3O2/c1-6(7-4-3-5-13-7)10-11(2)8(9)12/h3-5H,1-2H3,(H2,9,12)/b10-6-. The van der Waals surface area contributed by atoms with Crippen molar-refractivity contribution in [2.45, 2.75) is 6.92 Å². The minimum atomic E-state index is -0.606. The van der Waals surface area contributed by atoms with Crippen molar-refractivity contribution in [3.63, 3.8) is 0 Å². The number of nitrogens with two attached hydrogens (primary N) is 1. The number of carbonyl (C=O) groups is 1. The molecule has 0 unspecified atom stereocenters. The fraction of sp³-hybridized carbons (Fsp3) is 0.250. The lowest BCUT2D eigenvalue weighted by molar-refractivity contribution is 0.220. The van der Waals surface area contributed by atoms with Crippen molar-refractivity contribution in [3.05, 3.63) is 24.2 Å². The molecule has 0 saturated heterocycles. The summed E-state index contributed by atoms with van der Waals surface area (Å²) in [6.45, 7) is 1.73. The van der Waals surface area contributed by atoms with E-state index in [-0.39, 0.29) is 0 Å². The molecule has 0 aliphatic heterocycles. The number of primary amides is 1. The lowest BCUT2D eigenvalue weighted by atomic mass is 10.3. The number of carbonyl (C=O) groups excluding carboxylic acids is 1. The summed E-state index contributed by atoms with van der Waals surface area (Å²) in [6.07, 6.45) is 1.54. The zero-order valence-corrected chi connectivity index (χ0v) is 7.52. The van der Waals surface area contributed by atoms with E-state index in [2.05, 4.69) is 5.10 Å². The Bertz CT molecular complexity index is 316. The molecule has 2 amide bonds. The third-order valence-corrected chi connectivity index (χ3v) is 1.50.